The maximum absolute atomic E-state index is 4.56. The van der Waals surface area contributed by atoms with Crippen LogP contribution in [0.2, 0.25) is 0 Å². The summed E-state index contributed by atoms with van der Waals surface area (Å²) in [6.07, 6.45) is 6.84. The van der Waals surface area contributed by atoms with Crippen molar-refractivity contribution in [1.82, 2.24) is 15.6 Å². The van der Waals surface area contributed by atoms with E-state index >= 15 is 0 Å². The molecule has 1 aromatic rings. The molecule has 0 bridgehead atoms. The van der Waals surface area contributed by atoms with Crippen molar-refractivity contribution in [3.05, 3.63) is 15.6 Å². The molecular weight excluding hydrogens is 292 g/mol. The number of nitrogens with zero attached hydrogens (tertiary/aromatic N) is 2. The maximum Gasteiger partial charge on any atom is 0.191 e. The van der Waals surface area contributed by atoms with Crippen LogP contribution in [0, 0.1) is 25.7 Å². The standard InChI is InChI=1S/C17H30N4S/c1-5-14-6-8-15(9-7-14)10-19-17(18-4)20-11-16-21-12(2)13(3)22-16/h14-15H,5-11H2,1-4H3,(H2,18,19,20). The fraction of sp³-hybridized carbons (Fsp3) is 0.765. The number of thiazole rings is 1. The molecule has 1 saturated carbocycles. The van der Waals surface area contributed by atoms with Crippen LogP contribution < -0.4 is 10.6 Å². The normalized spacial score (nSPS) is 22.6. The molecule has 5 heteroatoms. The van der Waals surface area contributed by atoms with Crippen LogP contribution in [-0.4, -0.2) is 24.5 Å². The lowest BCUT2D eigenvalue weighted by molar-refractivity contribution is 0.269. The van der Waals surface area contributed by atoms with Crippen LogP contribution in [0.1, 0.15) is 54.6 Å². The third-order valence-corrected chi connectivity index (χ3v) is 5.88. The third kappa shape index (κ3) is 4.97. The van der Waals surface area contributed by atoms with Crippen LogP contribution in [0.25, 0.3) is 0 Å². The Labute approximate surface area is 138 Å². The molecule has 2 rings (SSSR count). The number of hydrogen-bond donors (Lipinski definition) is 2. The number of hydrogen-bond acceptors (Lipinski definition) is 3. The van der Waals surface area contributed by atoms with Gasteiger partial charge in [-0.3, -0.25) is 4.99 Å². The van der Waals surface area contributed by atoms with E-state index in [2.05, 4.69) is 41.4 Å². The molecule has 1 fully saturated rings. The van der Waals surface area contributed by atoms with E-state index < -0.39 is 0 Å². The Morgan fingerprint density at radius 3 is 2.41 bits per heavy atom. The van der Waals surface area contributed by atoms with E-state index in [0.29, 0.717) is 0 Å². The number of aryl methyl sites for hydroxylation is 2. The largest absolute Gasteiger partial charge is 0.356 e. The molecule has 1 aliphatic rings. The van der Waals surface area contributed by atoms with Gasteiger partial charge in [0.05, 0.1) is 12.2 Å². The van der Waals surface area contributed by atoms with E-state index in [1.54, 1.807) is 11.3 Å². The smallest absolute Gasteiger partial charge is 0.191 e. The molecule has 0 unspecified atom stereocenters. The second-order valence-electron chi connectivity index (χ2n) is 6.35. The summed E-state index contributed by atoms with van der Waals surface area (Å²) in [5.41, 5.74) is 1.14. The highest BCUT2D eigenvalue weighted by atomic mass is 32.1. The lowest BCUT2D eigenvalue weighted by atomic mass is 9.81. The van der Waals surface area contributed by atoms with Gasteiger partial charge in [0.1, 0.15) is 5.01 Å². The molecule has 22 heavy (non-hydrogen) atoms. The Balaban J connectivity index is 1.71. The van der Waals surface area contributed by atoms with Gasteiger partial charge in [0.2, 0.25) is 0 Å². The summed E-state index contributed by atoms with van der Waals surface area (Å²) in [5.74, 6) is 2.65. The van der Waals surface area contributed by atoms with Crippen LogP contribution in [-0.2, 0) is 6.54 Å². The van der Waals surface area contributed by atoms with E-state index in [1.807, 2.05) is 7.05 Å². The molecule has 4 nitrogen and oxygen atoms in total. The minimum Gasteiger partial charge on any atom is -0.356 e. The van der Waals surface area contributed by atoms with Crippen molar-refractivity contribution < 1.29 is 0 Å². The van der Waals surface area contributed by atoms with Gasteiger partial charge >= 0.3 is 0 Å². The molecule has 2 N–H and O–H groups in total. The lowest BCUT2D eigenvalue weighted by Gasteiger charge is -2.28. The van der Waals surface area contributed by atoms with Gasteiger partial charge in [0.15, 0.2) is 5.96 Å². The molecule has 0 amide bonds. The van der Waals surface area contributed by atoms with Gasteiger partial charge in [-0.2, -0.15) is 0 Å². The van der Waals surface area contributed by atoms with Crippen molar-refractivity contribution in [2.75, 3.05) is 13.6 Å². The first-order valence-electron chi connectivity index (χ1n) is 8.49. The SMILES string of the molecule is CCC1CCC(CNC(=NC)NCc2nc(C)c(C)s2)CC1. The number of nitrogens with one attached hydrogen (secondary N) is 2. The molecule has 0 atom stereocenters. The summed E-state index contributed by atoms with van der Waals surface area (Å²) < 4.78 is 0. The Morgan fingerprint density at radius 2 is 1.86 bits per heavy atom. The van der Waals surface area contributed by atoms with Gasteiger partial charge in [-0.15, -0.1) is 11.3 Å². The first kappa shape index (κ1) is 17.3. The minimum atomic E-state index is 0.752. The van der Waals surface area contributed by atoms with Gasteiger partial charge in [-0.1, -0.05) is 26.2 Å². The van der Waals surface area contributed by atoms with Crippen molar-refractivity contribution >= 4 is 17.3 Å². The molecule has 0 spiro atoms. The number of guanidine groups is 1. The first-order valence-corrected chi connectivity index (χ1v) is 9.31. The highest BCUT2D eigenvalue weighted by Gasteiger charge is 2.19. The Kier molecular flexibility index (Phi) is 6.68. The van der Waals surface area contributed by atoms with Crippen molar-refractivity contribution in [2.45, 2.75) is 59.4 Å². The average Bonchev–Trinajstić information content (AvgIpc) is 2.86. The van der Waals surface area contributed by atoms with E-state index in [4.69, 9.17) is 0 Å². The average molecular weight is 323 g/mol. The van der Waals surface area contributed by atoms with Crippen LogP contribution in [0.15, 0.2) is 4.99 Å². The van der Waals surface area contributed by atoms with Gasteiger partial charge in [0.25, 0.3) is 0 Å². The highest BCUT2D eigenvalue weighted by molar-refractivity contribution is 7.11. The summed E-state index contributed by atoms with van der Waals surface area (Å²) in [7, 11) is 1.83. The molecule has 0 aromatic carbocycles. The molecule has 0 saturated heterocycles. The van der Waals surface area contributed by atoms with Crippen LogP contribution in [0.3, 0.4) is 0 Å². The zero-order chi connectivity index (χ0) is 15.9. The summed E-state index contributed by atoms with van der Waals surface area (Å²) in [6.45, 7) is 8.29. The second-order valence-corrected chi connectivity index (χ2v) is 7.64. The fourth-order valence-electron chi connectivity index (χ4n) is 3.08. The molecule has 1 heterocycles. The van der Waals surface area contributed by atoms with Crippen molar-refractivity contribution in [3.8, 4) is 0 Å². The minimum absolute atomic E-state index is 0.752. The van der Waals surface area contributed by atoms with Crippen LogP contribution in [0.4, 0.5) is 0 Å². The Hall–Kier alpha value is -1.10. The molecule has 124 valence electrons. The van der Waals surface area contributed by atoms with Gasteiger partial charge in [-0.25, -0.2) is 4.98 Å². The van der Waals surface area contributed by atoms with Crippen molar-refractivity contribution in [2.24, 2.45) is 16.8 Å². The first-order chi connectivity index (χ1) is 10.6. The number of aromatic nitrogens is 1. The topological polar surface area (TPSA) is 49.3 Å². The number of rotatable bonds is 5. The summed E-state index contributed by atoms with van der Waals surface area (Å²) in [5, 5.41) is 7.98. The quantitative estimate of drug-likeness (QED) is 0.643. The van der Waals surface area contributed by atoms with Gasteiger partial charge in [-0.05, 0) is 38.5 Å². The van der Waals surface area contributed by atoms with Gasteiger partial charge < -0.3 is 10.6 Å². The van der Waals surface area contributed by atoms with E-state index in [0.717, 1.165) is 41.6 Å². The molecular formula is C17H30N4S. The molecule has 0 radical (unpaired) electrons. The lowest BCUT2D eigenvalue weighted by Crippen LogP contribution is -2.40. The maximum atomic E-state index is 4.56. The van der Waals surface area contributed by atoms with E-state index in [-0.39, 0.29) is 0 Å². The summed E-state index contributed by atoms with van der Waals surface area (Å²) >= 11 is 1.76. The highest BCUT2D eigenvalue weighted by Crippen LogP contribution is 2.30. The number of aliphatic imine (C=N–C) groups is 1. The predicted molar refractivity (Wildman–Crippen MR) is 95.5 cm³/mol. The van der Waals surface area contributed by atoms with Gasteiger partial charge in [0, 0.05) is 18.5 Å². The molecule has 1 aliphatic carbocycles. The summed E-state index contributed by atoms with van der Waals surface area (Å²) in [4.78, 5) is 10.2. The predicted octanol–water partition coefficient (Wildman–Crippen LogP) is 3.64. The zero-order valence-corrected chi connectivity index (χ0v) is 15.2. The Morgan fingerprint density at radius 1 is 1.18 bits per heavy atom. The molecule has 0 aliphatic heterocycles. The van der Waals surface area contributed by atoms with Crippen molar-refractivity contribution in [1.29, 1.82) is 0 Å². The zero-order valence-electron chi connectivity index (χ0n) is 14.4. The van der Waals surface area contributed by atoms with E-state index in [9.17, 15) is 0 Å². The monoisotopic (exact) mass is 322 g/mol. The van der Waals surface area contributed by atoms with Crippen LogP contribution in [0.5, 0.6) is 0 Å². The van der Waals surface area contributed by atoms with Crippen LogP contribution >= 0.6 is 11.3 Å². The fourth-order valence-corrected chi connectivity index (χ4v) is 3.95. The third-order valence-electron chi connectivity index (χ3n) is 4.81. The van der Waals surface area contributed by atoms with Crippen molar-refractivity contribution in [3.63, 3.8) is 0 Å². The second kappa shape index (κ2) is 8.51. The van der Waals surface area contributed by atoms with E-state index in [1.165, 1.54) is 37.0 Å². The summed E-state index contributed by atoms with van der Waals surface area (Å²) in [6, 6.07) is 0. The molecule has 1 aromatic heterocycles. The Bertz CT molecular complexity index is 467.